The fourth-order valence-corrected chi connectivity index (χ4v) is 5.47. The number of methoxy groups -OCH3 is 1. The van der Waals surface area contributed by atoms with Gasteiger partial charge in [0.05, 0.1) is 24.5 Å². The molecule has 3 unspecified atom stereocenters. The van der Waals surface area contributed by atoms with E-state index >= 15 is 0 Å². The molecule has 5 nitrogen and oxygen atoms in total. The van der Waals surface area contributed by atoms with Gasteiger partial charge < -0.3 is 9.57 Å². The normalized spacial score (nSPS) is 19.6. The third-order valence-electron chi connectivity index (χ3n) is 7.66. The van der Waals surface area contributed by atoms with Crippen LogP contribution in [0.25, 0.3) is 16.9 Å². The predicted octanol–water partition coefficient (Wildman–Crippen LogP) is 7.30. The van der Waals surface area contributed by atoms with Gasteiger partial charge in [-0.2, -0.15) is 5.48 Å². The van der Waals surface area contributed by atoms with Gasteiger partial charge in [0, 0.05) is 25.5 Å². The molecular formula is C30H43N3O2. The molecule has 1 saturated carbocycles. The maximum absolute atomic E-state index is 5.92. The van der Waals surface area contributed by atoms with E-state index in [9.17, 15) is 0 Å². The Morgan fingerprint density at radius 2 is 1.86 bits per heavy atom. The lowest BCUT2D eigenvalue weighted by atomic mass is 9.93. The van der Waals surface area contributed by atoms with Gasteiger partial charge in [0.25, 0.3) is 0 Å². The van der Waals surface area contributed by atoms with Gasteiger partial charge in [-0.25, -0.2) is 4.98 Å². The number of rotatable bonds is 12. The molecule has 3 aromatic rings. The second kappa shape index (κ2) is 13.2. The summed E-state index contributed by atoms with van der Waals surface area (Å²) < 4.78 is 7.34. The summed E-state index contributed by atoms with van der Waals surface area (Å²) in [6, 6.07) is 13.0. The predicted molar refractivity (Wildman–Crippen MR) is 143 cm³/mol. The first kappa shape index (κ1) is 25.9. The summed E-state index contributed by atoms with van der Waals surface area (Å²) in [6.07, 6.45) is 16.0. The molecule has 1 aromatic carbocycles. The van der Waals surface area contributed by atoms with E-state index in [-0.39, 0.29) is 6.04 Å². The molecule has 2 heterocycles. The molecule has 0 amide bonds. The van der Waals surface area contributed by atoms with Crippen molar-refractivity contribution in [2.24, 2.45) is 11.8 Å². The smallest absolute Gasteiger partial charge is 0.137 e. The van der Waals surface area contributed by atoms with Gasteiger partial charge in [-0.1, -0.05) is 68.7 Å². The Balaban J connectivity index is 1.21. The number of nitrogens with zero attached hydrogens (tertiary/aromatic N) is 2. The van der Waals surface area contributed by atoms with Crippen molar-refractivity contribution in [3.8, 4) is 11.3 Å². The van der Waals surface area contributed by atoms with E-state index in [1.165, 1.54) is 68.1 Å². The van der Waals surface area contributed by atoms with E-state index in [0.29, 0.717) is 0 Å². The van der Waals surface area contributed by atoms with E-state index in [1.54, 1.807) is 7.11 Å². The third kappa shape index (κ3) is 7.39. The first-order valence-electron chi connectivity index (χ1n) is 13.5. The Morgan fingerprint density at radius 1 is 1.03 bits per heavy atom. The molecule has 1 aliphatic rings. The molecule has 0 bridgehead atoms. The quantitative estimate of drug-likeness (QED) is 0.169. The zero-order valence-electron chi connectivity index (χ0n) is 21.8. The minimum Gasteiger partial charge on any atom is -0.385 e. The number of imidazole rings is 1. The van der Waals surface area contributed by atoms with E-state index < -0.39 is 0 Å². The van der Waals surface area contributed by atoms with Crippen LogP contribution in [0.5, 0.6) is 0 Å². The molecule has 35 heavy (non-hydrogen) atoms. The topological polar surface area (TPSA) is 47.8 Å². The van der Waals surface area contributed by atoms with E-state index in [2.05, 4.69) is 71.3 Å². The monoisotopic (exact) mass is 477 g/mol. The van der Waals surface area contributed by atoms with Crippen molar-refractivity contribution in [3.63, 3.8) is 0 Å². The van der Waals surface area contributed by atoms with Crippen LogP contribution in [0.15, 0.2) is 48.8 Å². The zero-order chi connectivity index (χ0) is 24.5. The molecule has 5 heteroatoms. The van der Waals surface area contributed by atoms with Crippen molar-refractivity contribution in [1.29, 1.82) is 0 Å². The first-order chi connectivity index (χ1) is 17.1. The number of hydroxylamine groups is 1. The number of hydrogen-bond donors (Lipinski definition) is 1. The van der Waals surface area contributed by atoms with Gasteiger partial charge in [-0.05, 0) is 62.3 Å². The van der Waals surface area contributed by atoms with Crippen molar-refractivity contribution in [2.75, 3.05) is 20.3 Å². The van der Waals surface area contributed by atoms with Crippen LogP contribution >= 0.6 is 0 Å². The van der Waals surface area contributed by atoms with Gasteiger partial charge in [0.15, 0.2) is 0 Å². The third-order valence-corrected chi connectivity index (χ3v) is 7.66. The number of pyridine rings is 1. The van der Waals surface area contributed by atoms with Gasteiger partial charge in [0.2, 0.25) is 0 Å². The largest absolute Gasteiger partial charge is 0.385 e. The Kier molecular flexibility index (Phi) is 9.75. The van der Waals surface area contributed by atoms with Crippen molar-refractivity contribution < 1.29 is 9.57 Å². The first-order valence-corrected chi connectivity index (χ1v) is 13.5. The zero-order valence-corrected chi connectivity index (χ0v) is 21.8. The van der Waals surface area contributed by atoms with Crippen LogP contribution in [0.3, 0.4) is 0 Å². The fourth-order valence-electron chi connectivity index (χ4n) is 5.47. The van der Waals surface area contributed by atoms with Crippen molar-refractivity contribution in [2.45, 2.75) is 77.7 Å². The highest BCUT2D eigenvalue weighted by molar-refractivity contribution is 5.64. The molecule has 1 aliphatic carbocycles. The number of unbranched alkanes of at least 4 members (excludes halogenated alkanes) is 1. The van der Waals surface area contributed by atoms with Gasteiger partial charge in [-0.3, -0.25) is 4.40 Å². The van der Waals surface area contributed by atoms with Crippen LogP contribution < -0.4 is 5.48 Å². The number of benzene rings is 1. The maximum atomic E-state index is 5.92. The molecule has 1 fully saturated rings. The van der Waals surface area contributed by atoms with E-state index in [4.69, 9.17) is 9.57 Å². The summed E-state index contributed by atoms with van der Waals surface area (Å²) in [4.78, 5) is 10.6. The highest BCUT2D eigenvalue weighted by Crippen LogP contribution is 2.32. The second-order valence-electron chi connectivity index (χ2n) is 10.4. The van der Waals surface area contributed by atoms with Crippen molar-refractivity contribution in [1.82, 2.24) is 14.9 Å². The van der Waals surface area contributed by atoms with Crippen LogP contribution in [-0.4, -0.2) is 29.7 Å². The summed E-state index contributed by atoms with van der Waals surface area (Å²) in [5.41, 5.74) is 8.97. The average molecular weight is 478 g/mol. The molecule has 0 radical (unpaired) electrons. The van der Waals surface area contributed by atoms with E-state index in [0.717, 1.165) is 42.8 Å². The Bertz CT molecular complexity index is 1050. The molecule has 2 aromatic heterocycles. The van der Waals surface area contributed by atoms with E-state index in [1.807, 2.05) is 6.20 Å². The average Bonchev–Trinajstić information content (AvgIpc) is 3.16. The molecule has 0 aliphatic heterocycles. The lowest BCUT2D eigenvalue weighted by Gasteiger charge is -2.18. The number of aryl methyl sites for hydroxylation is 1. The molecule has 190 valence electrons. The number of fused-ring (bicyclic) bond motifs is 1. The standard InChI is InChI=1S/C30H43N3O2/c1-23-8-6-12-28(20-23)29-22-31-30-21-27(15-17-33(29)30)24(2)32-35-19-16-26-11-7-10-25(13-14-26)9-4-5-18-34-3/h6,8,12,15,17,20-22,24-26,32H,4-5,7,9-11,13-14,16,18-19H2,1-3H3. The molecule has 0 saturated heterocycles. The van der Waals surface area contributed by atoms with Gasteiger partial charge >= 0.3 is 0 Å². The number of aromatic nitrogens is 2. The summed E-state index contributed by atoms with van der Waals surface area (Å²) in [5, 5.41) is 0. The van der Waals surface area contributed by atoms with Crippen molar-refractivity contribution in [3.05, 3.63) is 59.9 Å². The molecule has 3 atom stereocenters. The summed E-state index contributed by atoms with van der Waals surface area (Å²) in [5.74, 6) is 1.72. The molecule has 0 spiro atoms. The van der Waals surface area contributed by atoms with Crippen LogP contribution in [0.4, 0.5) is 0 Å². The van der Waals surface area contributed by atoms with Gasteiger partial charge in [0.1, 0.15) is 5.65 Å². The number of nitrogens with one attached hydrogen (secondary N) is 1. The summed E-state index contributed by atoms with van der Waals surface area (Å²) in [6.45, 7) is 5.95. The molecule has 4 rings (SSSR count). The minimum absolute atomic E-state index is 0.115. The molecule has 1 N–H and O–H groups in total. The highest BCUT2D eigenvalue weighted by atomic mass is 16.6. The second-order valence-corrected chi connectivity index (χ2v) is 10.4. The maximum Gasteiger partial charge on any atom is 0.137 e. The SMILES string of the molecule is COCCCCC1CCCC(CCONC(C)c2ccn3c(-c4cccc(C)c4)cnc3c2)CC1. The van der Waals surface area contributed by atoms with Crippen LogP contribution in [-0.2, 0) is 9.57 Å². The Hall–Kier alpha value is -2.21. The Labute approximate surface area is 211 Å². The lowest BCUT2D eigenvalue weighted by Crippen LogP contribution is -2.21. The Morgan fingerprint density at radius 3 is 2.66 bits per heavy atom. The van der Waals surface area contributed by atoms with Crippen molar-refractivity contribution >= 4 is 5.65 Å². The van der Waals surface area contributed by atoms with Crippen LogP contribution in [0, 0.1) is 18.8 Å². The summed E-state index contributed by atoms with van der Waals surface area (Å²) >= 11 is 0. The lowest BCUT2D eigenvalue weighted by molar-refractivity contribution is 0.0112. The summed E-state index contributed by atoms with van der Waals surface area (Å²) in [7, 11) is 1.80. The van der Waals surface area contributed by atoms with Crippen LogP contribution in [0.2, 0.25) is 0 Å². The minimum atomic E-state index is 0.115. The highest BCUT2D eigenvalue weighted by Gasteiger charge is 2.19. The van der Waals surface area contributed by atoms with Gasteiger partial charge in [-0.15, -0.1) is 0 Å². The fraction of sp³-hybridized carbons (Fsp3) is 0.567. The number of hydrogen-bond acceptors (Lipinski definition) is 4. The molecular weight excluding hydrogens is 434 g/mol. The number of ether oxygens (including phenoxy) is 1. The van der Waals surface area contributed by atoms with Crippen LogP contribution in [0.1, 0.15) is 81.9 Å².